The Hall–Kier alpha value is -0.760. The molecular weight excluding hydrogens is 625 g/mol. The lowest BCUT2D eigenvalue weighted by molar-refractivity contribution is -0.870. The van der Waals surface area contributed by atoms with Gasteiger partial charge in [-0.25, -0.2) is 0 Å². The van der Waals surface area contributed by atoms with Crippen LogP contribution in [-0.2, 0) is 27.9 Å². The van der Waals surface area contributed by atoms with Crippen LogP contribution in [0.3, 0.4) is 0 Å². The summed E-state index contributed by atoms with van der Waals surface area (Å²) in [5.41, 5.74) is 0. The number of allylic oxidation sites excluding steroid dienone is 2. The fourth-order valence-corrected chi connectivity index (χ4v) is 6.15. The highest BCUT2D eigenvalue weighted by Crippen LogP contribution is 2.38. The van der Waals surface area contributed by atoms with Crippen LogP contribution >= 0.6 is 7.82 Å². The molecule has 0 aliphatic carbocycles. The second-order valence-electron chi connectivity index (χ2n) is 14.6. The molecule has 0 aliphatic rings. The van der Waals surface area contributed by atoms with Crippen molar-refractivity contribution in [3.8, 4) is 0 Å². The van der Waals surface area contributed by atoms with Crippen molar-refractivity contribution < 1.29 is 37.3 Å². The molecule has 286 valence electrons. The van der Waals surface area contributed by atoms with Gasteiger partial charge in [-0.1, -0.05) is 142 Å². The van der Waals surface area contributed by atoms with Crippen LogP contribution in [0.2, 0.25) is 0 Å². The number of hydrogen-bond acceptors (Lipinski definition) is 7. The quantitative estimate of drug-likeness (QED) is 0.0209. The maximum absolute atomic E-state index is 12.6. The Bertz CT molecular complexity index is 787. The zero-order chi connectivity index (χ0) is 35.6. The van der Waals surface area contributed by atoms with Crippen molar-refractivity contribution in [1.29, 1.82) is 0 Å². The second kappa shape index (κ2) is 33.4. The van der Waals surface area contributed by atoms with Gasteiger partial charge in [0.2, 0.25) is 0 Å². The summed E-state index contributed by atoms with van der Waals surface area (Å²) in [5, 5.41) is 0. The Morgan fingerprint density at radius 3 is 1.60 bits per heavy atom. The fourth-order valence-electron chi connectivity index (χ4n) is 5.42. The van der Waals surface area contributed by atoms with Crippen LogP contribution in [0.25, 0.3) is 0 Å². The fraction of sp³-hybridized carbons (Fsp3) is 0.923. The summed E-state index contributed by atoms with van der Waals surface area (Å²) < 4.78 is 34.5. The van der Waals surface area contributed by atoms with E-state index >= 15 is 0 Å². The van der Waals surface area contributed by atoms with Crippen molar-refractivity contribution in [2.45, 2.75) is 180 Å². The zero-order valence-corrected chi connectivity index (χ0v) is 33.1. The molecule has 2 unspecified atom stereocenters. The number of carbonyl (C=O) groups is 1. The SMILES string of the molecule is CCCCCC/C=C\CCCCCCCCOCC(COP(=O)([O-])OCC[N+](C)(C)C)OC(=O)CCCCCCCCCCCCCC. The molecule has 0 rings (SSSR count). The van der Waals surface area contributed by atoms with E-state index in [0.29, 0.717) is 24.1 Å². The number of nitrogens with zero attached hydrogens (tertiary/aromatic N) is 1. The third-order valence-corrected chi connectivity index (χ3v) is 9.53. The van der Waals surface area contributed by atoms with E-state index in [0.717, 1.165) is 32.1 Å². The molecule has 0 spiro atoms. The number of hydrogen-bond donors (Lipinski definition) is 0. The number of carbonyl (C=O) groups excluding carboxylic acids is 1. The lowest BCUT2D eigenvalue weighted by Crippen LogP contribution is -2.37. The minimum atomic E-state index is -4.51. The van der Waals surface area contributed by atoms with E-state index in [4.69, 9.17) is 18.5 Å². The Labute approximate surface area is 297 Å². The molecule has 2 atom stereocenters. The number of unbranched alkanes of at least 4 members (excludes halogenated alkanes) is 21. The topological polar surface area (TPSA) is 94.1 Å². The average Bonchev–Trinajstić information content (AvgIpc) is 3.03. The van der Waals surface area contributed by atoms with Crippen molar-refractivity contribution in [2.75, 3.05) is 54.1 Å². The molecule has 0 aromatic heterocycles. The van der Waals surface area contributed by atoms with Crippen LogP contribution in [0, 0.1) is 0 Å². The number of rotatable bonds is 37. The maximum atomic E-state index is 12.6. The van der Waals surface area contributed by atoms with Crippen molar-refractivity contribution in [3.63, 3.8) is 0 Å². The van der Waals surface area contributed by atoms with Gasteiger partial charge in [-0.05, 0) is 38.5 Å². The smallest absolute Gasteiger partial charge is 0.306 e. The summed E-state index contributed by atoms with van der Waals surface area (Å²) in [6.45, 7) is 5.39. The van der Waals surface area contributed by atoms with E-state index < -0.39 is 13.9 Å². The molecule has 0 radical (unpaired) electrons. The molecule has 0 aromatic rings. The Morgan fingerprint density at radius 2 is 1.08 bits per heavy atom. The lowest BCUT2D eigenvalue weighted by Gasteiger charge is -2.28. The van der Waals surface area contributed by atoms with Crippen LogP contribution in [0.1, 0.15) is 174 Å². The highest BCUT2D eigenvalue weighted by Gasteiger charge is 2.20. The lowest BCUT2D eigenvalue weighted by atomic mass is 10.0. The summed E-state index contributed by atoms with van der Waals surface area (Å²) in [4.78, 5) is 24.9. The first kappa shape index (κ1) is 47.2. The molecule has 9 heteroatoms. The summed E-state index contributed by atoms with van der Waals surface area (Å²) >= 11 is 0. The largest absolute Gasteiger partial charge is 0.756 e. The van der Waals surface area contributed by atoms with Crippen molar-refractivity contribution in [2.24, 2.45) is 0 Å². The minimum absolute atomic E-state index is 0.0278. The van der Waals surface area contributed by atoms with Gasteiger partial charge in [0.25, 0.3) is 7.82 Å². The van der Waals surface area contributed by atoms with Gasteiger partial charge >= 0.3 is 5.97 Å². The van der Waals surface area contributed by atoms with E-state index in [2.05, 4.69) is 26.0 Å². The highest BCUT2D eigenvalue weighted by molar-refractivity contribution is 7.45. The number of phosphoric acid groups is 1. The van der Waals surface area contributed by atoms with Gasteiger partial charge in [-0.3, -0.25) is 9.36 Å². The van der Waals surface area contributed by atoms with Gasteiger partial charge in [0, 0.05) is 13.0 Å². The Balaban J connectivity index is 4.27. The molecule has 0 aliphatic heterocycles. The van der Waals surface area contributed by atoms with Crippen LogP contribution in [0.15, 0.2) is 12.2 Å². The molecular formula is C39H78NO7P. The highest BCUT2D eigenvalue weighted by atomic mass is 31.2. The summed E-state index contributed by atoms with van der Waals surface area (Å²) in [6.07, 6.45) is 33.5. The summed E-state index contributed by atoms with van der Waals surface area (Å²) in [6, 6.07) is 0. The standard InChI is InChI=1S/C39H78NO7P/c1-6-8-10-12-14-16-18-20-21-23-25-27-29-31-34-44-36-38(37-46-48(42,43)45-35-33-40(3,4)5)47-39(41)32-30-28-26-24-22-19-17-15-13-11-9-7-2/h16,18,38H,6-15,17,19-37H2,1-5H3/b18-16-. The molecule has 48 heavy (non-hydrogen) atoms. The van der Waals surface area contributed by atoms with Crippen LogP contribution in [0.4, 0.5) is 0 Å². The summed E-state index contributed by atoms with van der Waals surface area (Å²) in [7, 11) is 1.36. The van der Waals surface area contributed by atoms with Gasteiger partial charge in [0.15, 0.2) is 0 Å². The number of quaternary nitrogens is 1. The maximum Gasteiger partial charge on any atom is 0.306 e. The Kier molecular flexibility index (Phi) is 32.9. The third kappa shape index (κ3) is 36.5. The van der Waals surface area contributed by atoms with E-state index in [1.807, 2.05) is 21.1 Å². The molecule has 0 N–H and O–H groups in total. The molecule has 0 heterocycles. The van der Waals surface area contributed by atoms with E-state index in [1.54, 1.807) is 0 Å². The zero-order valence-electron chi connectivity index (χ0n) is 32.2. The molecule has 8 nitrogen and oxygen atoms in total. The normalized spacial score (nSPS) is 14.0. The van der Waals surface area contributed by atoms with Crippen LogP contribution < -0.4 is 4.89 Å². The first-order chi connectivity index (χ1) is 23.1. The molecule has 0 saturated carbocycles. The van der Waals surface area contributed by atoms with Gasteiger partial charge in [0.05, 0.1) is 34.4 Å². The molecule has 0 fully saturated rings. The first-order valence-electron chi connectivity index (χ1n) is 19.9. The van der Waals surface area contributed by atoms with Gasteiger partial charge in [-0.15, -0.1) is 0 Å². The molecule has 0 saturated heterocycles. The number of ether oxygens (including phenoxy) is 2. The van der Waals surface area contributed by atoms with E-state index in [-0.39, 0.29) is 25.8 Å². The molecule has 0 bridgehead atoms. The van der Waals surface area contributed by atoms with Gasteiger partial charge in [-0.2, -0.15) is 0 Å². The monoisotopic (exact) mass is 704 g/mol. The van der Waals surface area contributed by atoms with E-state index in [1.165, 1.54) is 122 Å². The van der Waals surface area contributed by atoms with Crippen molar-refractivity contribution in [3.05, 3.63) is 12.2 Å². The van der Waals surface area contributed by atoms with Gasteiger partial charge < -0.3 is 27.9 Å². The number of esters is 1. The summed E-state index contributed by atoms with van der Waals surface area (Å²) in [5.74, 6) is -0.336. The Morgan fingerprint density at radius 1 is 0.625 bits per heavy atom. The average molecular weight is 704 g/mol. The second-order valence-corrected chi connectivity index (χ2v) is 16.1. The van der Waals surface area contributed by atoms with Crippen LogP contribution in [0.5, 0.6) is 0 Å². The molecule has 0 amide bonds. The molecule has 0 aromatic carbocycles. The number of likely N-dealkylation sites (N-methyl/N-ethyl adjacent to an activating group) is 1. The van der Waals surface area contributed by atoms with Crippen molar-refractivity contribution >= 4 is 13.8 Å². The van der Waals surface area contributed by atoms with Crippen molar-refractivity contribution in [1.82, 2.24) is 0 Å². The van der Waals surface area contributed by atoms with Gasteiger partial charge in [0.1, 0.15) is 19.3 Å². The minimum Gasteiger partial charge on any atom is -0.756 e. The predicted molar refractivity (Wildman–Crippen MR) is 199 cm³/mol. The first-order valence-corrected chi connectivity index (χ1v) is 21.4. The number of phosphoric ester groups is 1. The third-order valence-electron chi connectivity index (χ3n) is 8.57. The van der Waals surface area contributed by atoms with Crippen LogP contribution in [-0.4, -0.2) is 70.7 Å². The predicted octanol–water partition coefficient (Wildman–Crippen LogP) is 10.5. The van der Waals surface area contributed by atoms with E-state index in [9.17, 15) is 14.3 Å².